The summed E-state index contributed by atoms with van der Waals surface area (Å²) < 4.78 is 0. The minimum Gasteiger partial charge on any atom is -0.317 e. The summed E-state index contributed by atoms with van der Waals surface area (Å²) in [7, 11) is 0. The maximum Gasteiger partial charge on any atom is -0.00180 e. The zero-order valence-electron chi connectivity index (χ0n) is 12.2. The first-order valence-corrected chi connectivity index (χ1v) is 8.68. The Kier molecular flexibility index (Phi) is 6.94. The van der Waals surface area contributed by atoms with E-state index in [9.17, 15) is 0 Å². The lowest BCUT2D eigenvalue weighted by Crippen LogP contribution is -2.36. The molecule has 0 aromatic rings. The van der Waals surface area contributed by atoms with Gasteiger partial charge in [0.25, 0.3) is 0 Å². The molecule has 1 rings (SSSR count). The number of nitrogens with one attached hydrogen (secondary N) is 1. The van der Waals surface area contributed by atoms with Gasteiger partial charge < -0.3 is 5.32 Å². The van der Waals surface area contributed by atoms with Crippen LogP contribution in [-0.4, -0.2) is 25.1 Å². The van der Waals surface area contributed by atoms with Crippen molar-refractivity contribution in [1.29, 1.82) is 0 Å². The smallest absolute Gasteiger partial charge is 0.00180 e. The van der Waals surface area contributed by atoms with Crippen LogP contribution in [0.25, 0.3) is 0 Å². The first kappa shape index (κ1) is 15.4. The molecule has 0 saturated heterocycles. The third-order valence-corrected chi connectivity index (χ3v) is 4.95. The highest BCUT2D eigenvalue weighted by molar-refractivity contribution is 7.98. The third-order valence-electron chi connectivity index (χ3n) is 4.25. The second-order valence-electron chi connectivity index (χ2n) is 6.37. The molecule has 2 atom stereocenters. The van der Waals surface area contributed by atoms with Crippen LogP contribution in [0.15, 0.2) is 0 Å². The molecular formula is C15H31NS. The van der Waals surface area contributed by atoms with Crippen LogP contribution in [0.2, 0.25) is 0 Å². The lowest BCUT2D eigenvalue weighted by atomic mass is 9.66. The number of hydrogen-bond acceptors (Lipinski definition) is 2. The van der Waals surface area contributed by atoms with Gasteiger partial charge in [0.2, 0.25) is 0 Å². The summed E-state index contributed by atoms with van der Waals surface area (Å²) in [4.78, 5) is 0. The van der Waals surface area contributed by atoms with E-state index >= 15 is 0 Å². The fourth-order valence-electron chi connectivity index (χ4n) is 3.22. The van der Waals surface area contributed by atoms with Crippen molar-refractivity contribution >= 4 is 11.8 Å². The van der Waals surface area contributed by atoms with Crippen molar-refractivity contribution in [2.75, 3.05) is 25.1 Å². The van der Waals surface area contributed by atoms with E-state index in [0.29, 0.717) is 5.41 Å². The van der Waals surface area contributed by atoms with Crippen LogP contribution in [0, 0.1) is 17.3 Å². The average Bonchev–Trinajstić information content (AvgIpc) is 2.27. The Balaban J connectivity index is 2.43. The lowest BCUT2D eigenvalue weighted by molar-refractivity contribution is 0.110. The molecule has 0 amide bonds. The van der Waals surface area contributed by atoms with Crippen LogP contribution in [0.1, 0.15) is 52.9 Å². The van der Waals surface area contributed by atoms with Crippen LogP contribution < -0.4 is 5.32 Å². The molecule has 0 aliphatic heterocycles. The lowest BCUT2D eigenvalue weighted by Gasteiger charge is -2.41. The molecule has 1 nitrogen and oxygen atoms in total. The standard InChI is InChI=1S/C15H31NS/c1-5-16-12-14-8-9-15(2,3)11-13(14)7-6-10-17-4/h13-14,16H,5-12H2,1-4H3. The van der Waals surface area contributed by atoms with E-state index in [-0.39, 0.29) is 0 Å². The Hall–Kier alpha value is 0.310. The average molecular weight is 257 g/mol. The second-order valence-corrected chi connectivity index (χ2v) is 7.36. The number of thioether (sulfide) groups is 1. The van der Waals surface area contributed by atoms with E-state index in [4.69, 9.17) is 0 Å². The number of hydrogen-bond donors (Lipinski definition) is 1. The molecule has 0 radical (unpaired) electrons. The summed E-state index contributed by atoms with van der Waals surface area (Å²) in [5.41, 5.74) is 0.590. The van der Waals surface area contributed by atoms with Crippen LogP contribution in [0.5, 0.6) is 0 Å². The molecular weight excluding hydrogens is 226 g/mol. The van der Waals surface area contributed by atoms with Crippen LogP contribution >= 0.6 is 11.8 Å². The van der Waals surface area contributed by atoms with Crippen molar-refractivity contribution in [2.24, 2.45) is 17.3 Å². The van der Waals surface area contributed by atoms with Gasteiger partial charge in [-0.15, -0.1) is 0 Å². The van der Waals surface area contributed by atoms with Crippen molar-refractivity contribution in [3.63, 3.8) is 0 Å². The minimum atomic E-state index is 0.590. The van der Waals surface area contributed by atoms with Gasteiger partial charge in [0, 0.05) is 0 Å². The predicted octanol–water partition coefficient (Wildman–Crippen LogP) is 4.18. The Labute approximate surface area is 113 Å². The molecule has 0 spiro atoms. The van der Waals surface area contributed by atoms with Gasteiger partial charge in [0.15, 0.2) is 0 Å². The molecule has 2 heteroatoms. The highest BCUT2D eigenvalue weighted by Crippen LogP contribution is 2.43. The van der Waals surface area contributed by atoms with Gasteiger partial charge in [-0.3, -0.25) is 0 Å². The molecule has 17 heavy (non-hydrogen) atoms. The second kappa shape index (κ2) is 7.68. The molecule has 1 N–H and O–H groups in total. The molecule has 0 heterocycles. The van der Waals surface area contributed by atoms with Gasteiger partial charge >= 0.3 is 0 Å². The highest BCUT2D eigenvalue weighted by atomic mass is 32.2. The van der Waals surface area contributed by atoms with Crippen molar-refractivity contribution in [2.45, 2.75) is 52.9 Å². The summed E-state index contributed by atoms with van der Waals surface area (Å²) in [5.74, 6) is 3.24. The van der Waals surface area contributed by atoms with E-state index in [0.717, 1.165) is 18.4 Å². The van der Waals surface area contributed by atoms with Gasteiger partial charge in [-0.05, 0) is 74.5 Å². The Morgan fingerprint density at radius 2 is 2.06 bits per heavy atom. The van der Waals surface area contributed by atoms with E-state index in [1.807, 2.05) is 11.8 Å². The quantitative estimate of drug-likeness (QED) is 0.687. The van der Waals surface area contributed by atoms with E-state index < -0.39 is 0 Å². The summed E-state index contributed by atoms with van der Waals surface area (Å²) in [5, 5.41) is 3.56. The topological polar surface area (TPSA) is 12.0 Å². The van der Waals surface area contributed by atoms with Gasteiger partial charge in [0.1, 0.15) is 0 Å². The van der Waals surface area contributed by atoms with Crippen molar-refractivity contribution < 1.29 is 0 Å². The predicted molar refractivity (Wildman–Crippen MR) is 80.8 cm³/mol. The molecule has 0 aromatic carbocycles. The molecule has 2 unspecified atom stereocenters. The van der Waals surface area contributed by atoms with Gasteiger partial charge in [-0.2, -0.15) is 11.8 Å². The van der Waals surface area contributed by atoms with Gasteiger partial charge in [-0.25, -0.2) is 0 Å². The molecule has 102 valence electrons. The Morgan fingerprint density at radius 1 is 1.29 bits per heavy atom. The number of rotatable bonds is 7. The SMILES string of the molecule is CCNCC1CCC(C)(C)CC1CCCSC. The normalized spacial score (nSPS) is 28.2. The summed E-state index contributed by atoms with van der Waals surface area (Å²) >= 11 is 1.99. The molecule has 0 aromatic heterocycles. The van der Waals surface area contributed by atoms with Crippen molar-refractivity contribution in [3.05, 3.63) is 0 Å². The summed E-state index contributed by atoms with van der Waals surface area (Å²) in [6.45, 7) is 9.50. The zero-order valence-corrected chi connectivity index (χ0v) is 13.0. The van der Waals surface area contributed by atoms with Crippen LogP contribution in [0.4, 0.5) is 0 Å². The maximum absolute atomic E-state index is 3.56. The molecule has 1 fully saturated rings. The fraction of sp³-hybridized carbons (Fsp3) is 1.00. The van der Waals surface area contributed by atoms with Crippen LogP contribution in [0.3, 0.4) is 0 Å². The van der Waals surface area contributed by atoms with Crippen LogP contribution in [-0.2, 0) is 0 Å². The third kappa shape index (κ3) is 5.65. The van der Waals surface area contributed by atoms with E-state index in [2.05, 4.69) is 32.3 Å². The molecule has 0 bridgehead atoms. The van der Waals surface area contributed by atoms with Crippen molar-refractivity contribution in [3.8, 4) is 0 Å². The largest absolute Gasteiger partial charge is 0.317 e. The first-order chi connectivity index (χ1) is 8.09. The van der Waals surface area contributed by atoms with E-state index in [1.165, 1.54) is 44.4 Å². The van der Waals surface area contributed by atoms with E-state index in [1.54, 1.807) is 0 Å². The fourth-order valence-corrected chi connectivity index (χ4v) is 3.67. The first-order valence-electron chi connectivity index (χ1n) is 7.28. The summed E-state index contributed by atoms with van der Waals surface area (Å²) in [6.07, 6.45) is 9.37. The summed E-state index contributed by atoms with van der Waals surface area (Å²) in [6, 6.07) is 0. The highest BCUT2D eigenvalue weighted by Gasteiger charge is 2.33. The van der Waals surface area contributed by atoms with Gasteiger partial charge in [-0.1, -0.05) is 20.8 Å². The van der Waals surface area contributed by atoms with Crippen molar-refractivity contribution in [1.82, 2.24) is 5.32 Å². The Bertz CT molecular complexity index is 203. The maximum atomic E-state index is 3.56. The zero-order chi connectivity index (χ0) is 12.7. The minimum absolute atomic E-state index is 0.590. The molecule has 1 aliphatic rings. The van der Waals surface area contributed by atoms with Gasteiger partial charge in [0.05, 0.1) is 0 Å². The monoisotopic (exact) mass is 257 g/mol. The molecule has 1 aliphatic carbocycles. The molecule has 1 saturated carbocycles. The Morgan fingerprint density at radius 3 is 2.71 bits per heavy atom.